The fourth-order valence-electron chi connectivity index (χ4n) is 2.79. The van der Waals surface area contributed by atoms with Gasteiger partial charge in [0.05, 0.1) is 24.7 Å². The molecule has 2 N–H and O–H groups in total. The highest BCUT2D eigenvalue weighted by Gasteiger charge is 2.29. The number of methoxy groups -OCH3 is 2. The molecule has 2 aromatic rings. The average Bonchev–Trinajstić information content (AvgIpc) is 2.78. The van der Waals surface area contributed by atoms with Crippen LogP contribution in [0, 0.1) is 0 Å². The molecular formula is C20H24N2O7S. The average molecular weight is 436 g/mol. The van der Waals surface area contributed by atoms with E-state index in [1.54, 1.807) is 19.2 Å². The molecule has 0 aliphatic heterocycles. The normalized spacial score (nSPS) is 11.2. The van der Waals surface area contributed by atoms with Crippen molar-refractivity contribution < 1.29 is 32.7 Å². The summed E-state index contributed by atoms with van der Waals surface area (Å²) in [6, 6.07) is 12.9. The second kappa shape index (κ2) is 10.7. The highest BCUT2D eigenvalue weighted by atomic mass is 32.2. The van der Waals surface area contributed by atoms with E-state index in [0.29, 0.717) is 12.2 Å². The molecular weight excluding hydrogens is 412 g/mol. The number of benzene rings is 2. The third-order valence-corrected chi connectivity index (χ3v) is 6.39. The molecule has 0 radical (unpaired) electrons. The lowest BCUT2D eigenvalue weighted by Gasteiger charge is -2.23. The Morgan fingerprint density at radius 1 is 1.03 bits per heavy atom. The van der Waals surface area contributed by atoms with E-state index in [1.165, 1.54) is 36.9 Å². The van der Waals surface area contributed by atoms with Gasteiger partial charge >= 0.3 is 5.97 Å². The van der Waals surface area contributed by atoms with Crippen LogP contribution in [0.15, 0.2) is 53.4 Å². The summed E-state index contributed by atoms with van der Waals surface area (Å²) >= 11 is 0. The van der Waals surface area contributed by atoms with Crippen molar-refractivity contribution >= 4 is 21.9 Å². The highest BCUT2D eigenvalue weighted by molar-refractivity contribution is 7.89. The van der Waals surface area contributed by atoms with Crippen LogP contribution in [-0.4, -0.2) is 57.1 Å². The number of amides is 1. The van der Waals surface area contributed by atoms with Crippen LogP contribution in [0.5, 0.6) is 5.75 Å². The number of hydrogen-bond donors (Lipinski definition) is 2. The standard InChI is InChI=1S/C20H24N2O7S/c1-28-16-9-7-15(8-10-16)11-13-22(14-12-19(23)21-25)30(26,27)18-6-4-3-5-17(18)20(24)29-2/h3-10,25H,11-14H2,1-2H3,(H,21,23). The predicted molar refractivity (Wildman–Crippen MR) is 108 cm³/mol. The molecule has 0 bridgehead atoms. The Morgan fingerprint density at radius 2 is 1.70 bits per heavy atom. The first kappa shape index (κ1) is 23.3. The minimum Gasteiger partial charge on any atom is -0.497 e. The molecule has 2 rings (SSSR count). The van der Waals surface area contributed by atoms with Crippen LogP contribution >= 0.6 is 0 Å². The zero-order valence-electron chi connectivity index (χ0n) is 16.7. The summed E-state index contributed by atoms with van der Waals surface area (Å²) in [6.45, 7) is -0.122. The number of nitrogens with zero attached hydrogens (tertiary/aromatic N) is 1. The molecule has 0 saturated carbocycles. The van der Waals surface area contributed by atoms with Crippen molar-refractivity contribution in [3.8, 4) is 5.75 Å². The molecule has 0 spiro atoms. The van der Waals surface area contributed by atoms with Crippen molar-refractivity contribution in [3.05, 3.63) is 59.7 Å². The monoisotopic (exact) mass is 436 g/mol. The summed E-state index contributed by atoms with van der Waals surface area (Å²) < 4.78 is 37.5. The van der Waals surface area contributed by atoms with E-state index in [-0.39, 0.29) is 30.0 Å². The van der Waals surface area contributed by atoms with Crippen molar-refractivity contribution in [1.29, 1.82) is 0 Å². The van der Waals surface area contributed by atoms with E-state index in [2.05, 4.69) is 4.74 Å². The molecule has 2 aromatic carbocycles. The number of ether oxygens (including phenoxy) is 2. The van der Waals surface area contributed by atoms with E-state index in [1.807, 2.05) is 12.1 Å². The van der Waals surface area contributed by atoms with Crippen LogP contribution in [0.2, 0.25) is 0 Å². The van der Waals surface area contributed by atoms with Crippen LogP contribution in [0.4, 0.5) is 0 Å². The maximum absolute atomic E-state index is 13.3. The minimum atomic E-state index is -4.13. The number of carbonyl (C=O) groups is 2. The van der Waals surface area contributed by atoms with Gasteiger partial charge in [0, 0.05) is 19.5 Å². The van der Waals surface area contributed by atoms with Crippen LogP contribution in [-0.2, 0) is 26.0 Å². The Morgan fingerprint density at radius 3 is 2.30 bits per heavy atom. The van der Waals surface area contributed by atoms with E-state index in [4.69, 9.17) is 9.94 Å². The number of rotatable bonds is 10. The number of carbonyl (C=O) groups excluding carboxylic acids is 2. The summed E-state index contributed by atoms with van der Waals surface area (Å²) in [5.41, 5.74) is 2.26. The Balaban J connectivity index is 2.32. The molecule has 30 heavy (non-hydrogen) atoms. The van der Waals surface area contributed by atoms with Crippen LogP contribution in [0.25, 0.3) is 0 Å². The Hall–Kier alpha value is -2.95. The number of nitrogens with one attached hydrogen (secondary N) is 1. The van der Waals surface area contributed by atoms with Crippen LogP contribution in [0.1, 0.15) is 22.3 Å². The van der Waals surface area contributed by atoms with Gasteiger partial charge in [-0.05, 0) is 36.2 Å². The molecule has 0 atom stereocenters. The molecule has 0 aromatic heterocycles. The number of hydroxylamine groups is 1. The summed E-state index contributed by atoms with van der Waals surface area (Å²) in [5.74, 6) is -0.826. The molecule has 0 aliphatic carbocycles. The van der Waals surface area contributed by atoms with E-state index in [0.717, 1.165) is 9.87 Å². The lowest BCUT2D eigenvalue weighted by molar-refractivity contribution is -0.129. The first-order valence-corrected chi connectivity index (χ1v) is 10.5. The highest BCUT2D eigenvalue weighted by Crippen LogP contribution is 2.22. The molecule has 1 amide bonds. The molecule has 0 heterocycles. The zero-order chi connectivity index (χ0) is 22.1. The topological polar surface area (TPSA) is 122 Å². The van der Waals surface area contributed by atoms with Gasteiger partial charge in [-0.2, -0.15) is 4.31 Å². The second-order valence-electron chi connectivity index (χ2n) is 6.27. The van der Waals surface area contributed by atoms with Gasteiger partial charge in [0.2, 0.25) is 15.9 Å². The fraction of sp³-hybridized carbons (Fsp3) is 0.300. The number of hydrogen-bond acceptors (Lipinski definition) is 7. The van der Waals surface area contributed by atoms with Gasteiger partial charge in [0.1, 0.15) is 5.75 Å². The smallest absolute Gasteiger partial charge is 0.339 e. The molecule has 0 fully saturated rings. The molecule has 10 heteroatoms. The van der Waals surface area contributed by atoms with E-state index >= 15 is 0 Å². The Kier molecular flexibility index (Phi) is 8.34. The van der Waals surface area contributed by atoms with Gasteiger partial charge < -0.3 is 9.47 Å². The maximum Gasteiger partial charge on any atom is 0.339 e. The lowest BCUT2D eigenvalue weighted by Crippen LogP contribution is -2.37. The molecule has 9 nitrogen and oxygen atoms in total. The third kappa shape index (κ3) is 5.78. The molecule has 0 aliphatic rings. The summed E-state index contributed by atoms with van der Waals surface area (Å²) in [7, 11) is -1.41. The van der Waals surface area contributed by atoms with Crippen molar-refractivity contribution in [2.75, 3.05) is 27.3 Å². The van der Waals surface area contributed by atoms with Gasteiger partial charge in [-0.15, -0.1) is 0 Å². The summed E-state index contributed by atoms with van der Waals surface area (Å²) in [5, 5.41) is 8.73. The minimum absolute atomic E-state index is 0.0584. The summed E-state index contributed by atoms with van der Waals surface area (Å²) in [4.78, 5) is 23.3. The van der Waals surface area contributed by atoms with E-state index < -0.39 is 21.9 Å². The first-order chi connectivity index (χ1) is 14.3. The quantitative estimate of drug-likeness (QED) is 0.330. The van der Waals surface area contributed by atoms with Gasteiger partial charge in [-0.25, -0.2) is 18.7 Å². The fourth-order valence-corrected chi connectivity index (χ4v) is 4.41. The third-order valence-electron chi connectivity index (χ3n) is 4.43. The lowest BCUT2D eigenvalue weighted by atomic mass is 10.1. The predicted octanol–water partition coefficient (Wildman–Crippen LogP) is 1.61. The molecule has 162 valence electrons. The van der Waals surface area contributed by atoms with Gasteiger partial charge in [-0.3, -0.25) is 10.0 Å². The summed E-state index contributed by atoms with van der Waals surface area (Å²) in [6.07, 6.45) is 0.114. The maximum atomic E-state index is 13.3. The van der Waals surface area contributed by atoms with Crippen molar-refractivity contribution in [1.82, 2.24) is 9.79 Å². The largest absolute Gasteiger partial charge is 0.497 e. The Bertz CT molecular complexity index is 975. The van der Waals surface area contributed by atoms with E-state index in [9.17, 15) is 18.0 Å². The van der Waals surface area contributed by atoms with Crippen LogP contribution < -0.4 is 10.2 Å². The zero-order valence-corrected chi connectivity index (χ0v) is 17.5. The van der Waals surface area contributed by atoms with Crippen molar-refractivity contribution in [3.63, 3.8) is 0 Å². The number of sulfonamides is 1. The van der Waals surface area contributed by atoms with Gasteiger partial charge in [0.25, 0.3) is 0 Å². The van der Waals surface area contributed by atoms with Crippen molar-refractivity contribution in [2.45, 2.75) is 17.7 Å². The Labute approximate surface area is 175 Å². The van der Waals surface area contributed by atoms with Crippen molar-refractivity contribution in [2.24, 2.45) is 0 Å². The van der Waals surface area contributed by atoms with Gasteiger partial charge in [-0.1, -0.05) is 24.3 Å². The molecule has 0 saturated heterocycles. The molecule has 0 unspecified atom stereocenters. The number of esters is 1. The first-order valence-electron chi connectivity index (χ1n) is 9.06. The SMILES string of the molecule is COC(=O)c1ccccc1S(=O)(=O)N(CCC(=O)NO)CCc1ccc(OC)cc1. The van der Waals surface area contributed by atoms with Crippen LogP contribution in [0.3, 0.4) is 0 Å². The second-order valence-corrected chi connectivity index (χ2v) is 8.18. The van der Waals surface area contributed by atoms with Gasteiger partial charge in [0.15, 0.2) is 0 Å².